The highest BCUT2D eigenvalue weighted by Gasteiger charge is 1.97. The van der Waals surface area contributed by atoms with Gasteiger partial charge in [-0.2, -0.15) is 11.3 Å². The number of nitrogens with one attached hydrogen (secondary N) is 1. The highest BCUT2D eigenvalue weighted by Crippen LogP contribution is 2.24. The monoisotopic (exact) mass is 377 g/mol. The van der Waals surface area contributed by atoms with Crippen LogP contribution >= 0.6 is 22.7 Å². The molecule has 5 N–H and O–H groups in total. The number of benzene rings is 1. The lowest BCUT2D eigenvalue weighted by molar-refractivity contribution is -0.123. The quantitative estimate of drug-likeness (QED) is 0.654. The molecule has 1 aromatic carbocycles. The van der Waals surface area contributed by atoms with Crippen LogP contribution < -0.4 is 16.8 Å². The largest absolute Gasteiger partial charge is 0.368 e. The summed E-state index contributed by atoms with van der Waals surface area (Å²) in [6, 6.07) is 10.6. The number of hydrogen-bond acceptors (Lipinski definition) is 5. The molecule has 2 heterocycles. The predicted molar refractivity (Wildman–Crippen MR) is 107 cm³/mol. The lowest BCUT2D eigenvalue weighted by Gasteiger charge is -1.96. The molecule has 25 heavy (non-hydrogen) atoms. The van der Waals surface area contributed by atoms with Crippen molar-refractivity contribution in [3.63, 3.8) is 0 Å². The standard InChI is InChI=1S/C9H8S.C5H6S.C4H9N3O2/c1-7-6-10-9-5-3-2-4-8(7)9;1-5-2-3-6-4-5;5-1-4(9)7-2-3(6)8/h2-6H,1H3;2-4H,1H3;1-2,5H2,(H2,6,8)(H,7,9). The summed E-state index contributed by atoms with van der Waals surface area (Å²) in [7, 11) is 0. The van der Waals surface area contributed by atoms with Gasteiger partial charge in [0, 0.05) is 4.70 Å². The molecule has 2 amide bonds. The van der Waals surface area contributed by atoms with Gasteiger partial charge < -0.3 is 16.8 Å². The van der Waals surface area contributed by atoms with Crippen LogP contribution in [-0.4, -0.2) is 24.9 Å². The average Bonchev–Trinajstić information content (AvgIpc) is 3.23. The van der Waals surface area contributed by atoms with Gasteiger partial charge in [-0.05, 0) is 58.6 Å². The fraction of sp³-hybridized carbons (Fsp3) is 0.222. The van der Waals surface area contributed by atoms with Crippen molar-refractivity contribution < 1.29 is 9.59 Å². The smallest absolute Gasteiger partial charge is 0.236 e. The molecule has 0 saturated carbocycles. The maximum atomic E-state index is 10.3. The number of aryl methyl sites for hydroxylation is 2. The van der Waals surface area contributed by atoms with Crippen LogP contribution in [0.15, 0.2) is 46.5 Å². The van der Waals surface area contributed by atoms with Crippen molar-refractivity contribution in [1.29, 1.82) is 0 Å². The Morgan fingerprint density at radius 3 is 2.32 bits per heavy atom. The zero-order valence-electron chi connectivity index (χ0n) is 14.3. The van der Waals surface area contributed by atoms with Gasteiger partial charge in [-0.3, -0.25) is 9.59 Å². The van der Waals surface area contributed by atoms with E-state index in [1.54, 1.807) is 11.3 Å². The van der Waals surface area contributed by atoms with Gasteiger partial charge in [-0.1, -0.05) is 18.2 Å². The Balaban J connectivity index is 0.000000194. The molecule has 0 aliphatic carbocycles. The third-order valence-corrected chi connectivity index (χ3v) is 4.87. The molecule has 134 valence electrons. The van der Waals surface area contributed by atoms with E-state index in [4.69, 9.17) is 11.5 Å². The zero-order valence-corrected chi connectivity index (χ0v) is 16.0. The first kappa shape index (κ1) is 20.8. The van der Waals surface area contributed by atoms with E-state index in [-0.39, 0.29) is 19.0 Å². The van der Waals surface area contributed by atoms with E-state index < -0.39 is 5.91 Å². The Bertz CT molecular complexity index is 783. The summed E-state index contributed by atoms with van der Waals surface area (Å²) in [4.78, 5) is 20.3. The molecule has 0 fully saturated rings. The zero-order chi connectivity index (χ0) is 18.7. The van der Waals surface area contributed by atoms with Crippen molar-refractivity contribution in [2.24, 2.45) is 11.5 Å². The van der Waals surface area contributed by atoms with Crippen molar-refractivity contribution in [2.75, 3.05) is 13.1 Å². The summed E-state index contributed by atoms with van der Waals surface area (Å²) in [6.45, 7) is 3.98. The van der Waals surface area contributed by atoms with Crippen molar-refractivity contribution >= 4 is 44.6 Å². The first-order valence-electron chi connectivity index (χ1n) is 7.60. The lowest BCUT2D eigenvalue weighted by Crippen LogP contribution is -2.36. The van der Waals surface area contributed by atoms with Crippen LogP contribution in [0.3, 0.4) is 0 Å². The van der Waals surface area contributed by atoms with Gasteiger partial charge in [0.05, 0.1) is 13.1 Å². The molecular weight excluding hydrogens is 354 g/mol. The minimum atomic E-state index is -0.572. The van der Waals surface area contributed by atoms with Gasteiger partial charge in [0.2, 0.25) is 11.8 Å². The summed E-state index contributed by atoms with van der Waals surface area (Å²) in [5.41, 5.74) is 12.3. The number of carbonyl (C=O) groups excluding carboxylic acids is 2. The van der Waals surface area contributed by atoms with Crippen LogP contribution in [0.2, 0.25) is 0 Å². The number of amides is 2. The molecule has 5 nitrogen and oxygen atoms in total. The Labute approximate surface area is 155 Å². The third kappa shape index (κ3) is 8.44. The molecule has 0 saturated heterocycles. The summed E-state index contributed by atoms with van der Waals surface area (Å²) >= 11 is 3.55. The van der Waals surface area contributed by atoms with Gasteiger partial charge in [-0.15, -0.1) is 11.3 Å². The summed E-state index contributed by atoms with van der Waals surface area (Å²) < 4.78 is 1.39. The van der Waals surface area contributed by atoms with Gasteiger partial charge >= 0.3 is 0 Å². The number of fused-ring (bicyclic) bond motifs is 1. The second-order valence-electron chi connectivity index (χ2n) is 5.16. The fourth-order valence-electron chi connectivity index (χ4n) is 1.70. The number of rotatable bonds is 3. The first-order chi connectivity index (χ1) is 11.9. The Morgan fingerprint density at radius 1 is 1.12 bits per heavy atom. The Morgan fingerprint density at radius 2 is 1.84 bits per heavy atom. The van der Waals surface area contributed by atoms with E-state index in [2.05, 4.69) is 65.6 Å². The number of carbonyl (C=O) groups is 2. The topological polar surface area (TPSA) is 98.2 Å². The van der Waals surface area contributed by atoms with Crippen LogP contribution in [0.4, 0.5) is 0 Å². The molecule has 0 bridgehead atoms. The average molecular weight is 378 g/mol. The molecule has 0 radical (unpaired) electrons. The molecule has 3 rings (SSSR count). The minimum absolute atomic E-state index is 0.118. The Hall–Kier alpha value is -2.22. The highest BCUT2D eigenvalue weighted by molar-refractivity contribution is 7.17. The minimum Gasteiger partial charge on any atom is -0.368 e. The van der Waals surface area contributed by atoms with Gasteiger partial charge in [0.1, 0.15) is 0 Å². The van der Waals surface area contributed by atoms with Crippen LogP contribution in [0.5, 0.6) is 0 Å². The van der Waals surface area contributed by atoms with E-state index in [0.717, 1.165) is 0 Å². The number of thiophene rings is 2. The van der Waals surface area contributed by atoms with Gasteiger partial charge in [0.15, 0.2) is 0 Å². The van der Waals surface area contributed by atoms with Crippen molar-refractivity contribution in [2.45, 2.75) is 13.8 Å². The second kappa shape index (κ2) is 11.4. The Kier molecular flexibility index (Phi) is 9.46. The number of hydrogen-bond donors (Lipinski definition) is 3. The summed E-state index contributed by atoms with van der Waals surface area (Å²) in [6.07, 6.45) is 0. The molecule has 2 aromatic heterocycles. The van der Waals surface area contributed by atoms with Crippen LogP contribution in [0.1, 0.15) is 11.1 Å². The van der Waals surface area contributed by atoms with Crippen molar-refractivity contribution in [3.05, 3.63) is 57.6 Å². The molecule has 7 heteroatoms. The summed E-state index contributed by atoms with van der Waals surface area (Å²) in [5.74, 6) is -0.953. The molecule has 0 unspecified atom stereocenters. The van der Waals surface area contributed by atoms with E-state index >= 15 is 0 Å². The van der Waals surface area contributed by atoms with Crippen LogP contribution in [0, 0.1) is 13.8 Å². The first-order valence-corrected chi connectivity index (χ1v) is 9.43. The maximum absolute atomic E-state index is 10.3. The van der Waals surface area contributed by atoms with Crippen LogP contribution in [0.25, 0.3) is 10.1 Å². The van der Waals surface area contributed by atoms with Gasteiger partial charge in [-0.25, -0.2) is 0 Å². The number of primary amides is 1. The molecule has 0 aliphatic heterocycles. The van der Waals surface area contributed by atoms with E-state index in [1.165, 1.54) is 21.2 Å². The molecule has 0 spiro atoms. The van der Waals surface area contributed by atoms with E-state index in [9.17, 15) is 9.59 Å². The van der Waals surface area contributed by atoms with Crippen molar-refractivity contribution in [3.8, 4) is 0 Å². The van der Waals surface area contributed by atoms with E-state index in [1.807, 2.05) is 11.3 Å². The fourth-order valence-corrected chi connectivity index (χ4v) is 3.31. The molecule has 3 aromatic rings. The summed E-state index contributed by atoms with van der Waals surface area (Å²) in [5, 5.41) is 9.99. The van der Waals surface area contributed by atoms with Crippen molar-refractivity contribution in [1.82, 2.24) is 5.32 Å². The molecule has 0 aliphatic rings. The lowest BCUT2D eigenvalue weighted by atomic mass is 10.2. The predicted octanol–water partition coefficient (Wildman–Crippen LogP) is 2.81. The molecular formula is C18H23N3O2S2. The van der Waals surface area contributed by atoms with Crippen LogP contribution in [-0.2, 0) is 9.59 Å². The maximum Gasteiger partial charge on any atom is 0.236 e. The highest BCUT2D eigenvalue weighted by atomic mass is 32.1. The SMILES string of the molecule is Cc1ccsc1.Cc1csc2ccccc12.NCC(=O)NCC(N)=O. The van der Waals surface area contributed by atoms with Gasteiger partial charge in [0.25, 0.3) is 0 Å². The third-order valence-electron chi connectivity index (χ3n) is 2.98. The van der Waals surface area contributed by atoms with E-state index in [0.29, 0.717) is 0 Å². The molecule has 0 atom stereocenters. The normalized spacial score (nSPS) is 9.40. The number of nitrogens with two attached hydrogens (primary N) is 2. The second-order valence-corrected chi connectivity index (χ2v) is 6.85.